The van der Waals surface area contributed by atoms with Gasteiger partial charge in [-0.25, -0.2) is 4.98 Å². The van der Waals surface area contributed by atoms with Crippen LogP contribution in [0.25, 0.3) is 0 Å². The van der Waals surface area contributed by atoms with Crippen molar-refractivity contribution in [3.63, 3.8) is 0 Å². The number of amides is 1. The van der Waals surface area contributed by atoms with Gasteiger partial charge in [0.1, 0.15) is 6.61 Å². The SMILES string of the molecule is CCOCCOc1ccc(NC(=O)C2(c3ccccc3Cl)CCCCC2)cn1. The Morgan fingerprint density at radius 2 is 1.93 bits per heavy atom. The number of rotatable bonds is 8. The van der Waals surface area contributed by atoms with E-state index in [1.807, 2.05) is 37.3 Å². The van der Waals surface area contributed by atoms with Crippen LogP contribution in [0.1, 0.15) is 44.6 Å². The number of halogens is 1. The normalized spacial score (nSPS) is 15.8. The van der Waals surface area contributed by atoms with E-state index < -0.39 is 5.41 Å². The van der Waals surface area contributed by atoms with E-state index >= 15 is 0 Å². The first-order valence-corrected chi connectivity index (χ1v) is 10.3. The minimum atomic E-state index is -0.594. The second kappa shape index (κ2) is 9.89. The monoisotopic (exact) mass is 402 g/mol. The molecule has 1 amide bonds. The maximum atomic E-state index is 13.3. The zero-order valence-electron chi connectivity index (χ0n) is 16.2. The number of aromatic nitrogens is 1. The van der Waals surface area contributed by atoms with Crippen LogP contribution in [0, 0.1) is 0 Å². The molecule has 2 aromatic rings. The van der Waals surface area contributed by atoms with Gasteiger partial charge in [0.25, 0.3) is 0 Å². The summed E-state index contributed by atoms with van der Waals surface area (Å²) in [5.74, 6) is 0.489. The number of carbonyl (C=O) groups is 1. The van der Waals surface area contributed by atoms with Crippen LogP contribution in [0.5, 0.6) is 5.88 Å². The Bertz CT molecular complexity index is 774. The van der Waals surface area contributed by atoms with E-state index in [1.165, 1.54) is 0 Å². The van der Waals surface area contributed by atoms with Crippen LogP contribution in [0.15, 0.2) is 42.6 Å². The molecule has 1 aliphatic carbocycles. The molecule has 0 bridgehead atoms. The van der Waals surface area contributed by atoms with Crippen molar-refractivity contribution in [3.05, 3.63) is 53.2 Å². The van der Waals surface area contributed by atoms with Crippen molar-refractivity contribution in [3.8, 4) is 5.88 Å². The Kier molecular flexibility index (Phi) is 7.29. The molecule has 3 rings (SSSR count). The number of anilines is 1. The molecule has 1 aliphatic rings. The molecule has 150 valence electrons. The molecule has 0 unspecified atom stereocenters. The molecule has 5 nitrogen and oxygen atoms in total. The zero-order chi connectivity index (χ0) is 19.8. The molecular formula is C22H27ClN2O3. The van der Waals surface area contributed by atoms with Gasteiger partial charge in [-0.1, -0.05) is 49.1 Å². The third kappa shape index (κ3) is 4.83. The molecule has 1 fully saturated rings. The van der Waals surface area contributed by atoms with Crippen LogP contribution in [0.3, 0.4) is 0 Å². The third-order valence-corrected chi connectivity index (χ3v) is 5.54. The first-order chi connectivity index (χ1) is 13.7. The Balaban J connectivity index is 1.71. The summed E-state index contributed by atoms with van der Waals surface area (Å²) in [7, 11) is 0. The average Bonchev–Trinajstić information content (AvgIpc) is 2.73. The van der Waals surface area contributed by atoms with Gasteiger partial charge < -0.3 is 14.8 Å². The molecule has 0 atom stereocenters. The van der Waals surface area contributed by atoms with E-state index in [0.717, 1.165) is 37.7 Å². The predicted octanol–water partition coefficient (Wildman–Crippen LogP) is 4.99. The second-order valence-electron chi connectivity index (χ2n) is 7.01. The zero-order valence-corrected chi connectivity index (χ0v) is 17.0. The van der Waals surface area contributed by atoms with Gasteiger partial charge in [-0.2, -0.15) is 0 Å². The lowest BCUT2D eigenvalue weighted by Gasteiger charge is -2.37. The molecule has 1 saturated carbocycles. The molecule has 28 heavy (non-hydrogen) atoms. The molecular weight excluding hydrogens is 376 g/mol. The van der Waals surface area contributed by atoms with Crippen molar-refractivity contribution in [1.29, 1.82) is 0 Å². The predicted molar refractivity (Wildman–Crippen MR) is 111 cm³/mol. The molecule has 0 radical (unpaired) electrons. The summed E-state index contributed by atoms with van der Waals surface area (Å²) in [5.41, 5.74) is 0.973. The maximum absolute atomic E-state index is 13.3. The lowest BCUT2D eigenvalue weighted by Crippen LogP contribution is -2.42. The summed E-state index contributed by atoms with van der Waals surface area (Å²) >= 11 is 6.47. The van der Waals surface area contributed by atoms with E-state index in [9.17, 15) is 4.79 Å². The molecule has 0 aliphatic heterocycles. The maximum Gasteiger partial charge on any atom is 0.235 e. The number of hydrogen-bond donors (Lipinski definition) is 1. The minimum absolute atomic E-state index is 0.0212. The van der Waals surface area contributed by atoms with Crippen molar-refractivity contribution in [2.75, 3.05) is 25.1 Å². The van der Waals surface area contributed by atoms with Crippen molar-refractivity contribution < 1.29 is 14.3 Å². The van der Waals surface area contributed by atoms with Gasteiger partial charge in [0.2, 0.25) is 11.8 Å². The smallest absolute Gasteiger partial charge is 0.235 e. The highest BCUT2D eigenvalue weighted by Crippen LogP contribution is 2.43. The quantitative estimate of drug-likeness (QED) is 0.632. The van der Waals surface area contributed by atoms with E-state index in [1.54, 1.807) is 12.3 Å². The number of carbonyl (C=O) groups excluding carboxylic acids is 1. The fourth-order valence-electron chi connectivity index (χ4n) is 3.76. The van der Waals surface area contributed by atoms with Crippen molar-refractivity contribution in [1.82, 2.24) is 4.98 Å². The van der Waals surface area contributed by atoms with Gasteiger partial charge in [-0.15, -0.1) is 0 Å². The molecule has 1 aromatic heterocycles. The number of nitrogens with one attached hydrogen (secondary N) is 1. The highest BCUT2D eigenvalue weighted by molar-refractivity contribution is 6.31. The van der Waals surface area contributed by atoms with Crippen molar-refractivity contribution in [2.24, 2.45) is 0 Å². The Morgan fingerprint density at radius 1 is 1.14 bits per heavy atom. The van der Waals surface area contributed by atoms with Crippen LogP contribution in [-0.2, 0) is 14.9 Å². The van der Waals surface area contributed by atoms with Gasteiger partial charge in [0.15, 0.2) is 0 Å². The van der Waals surface area contributed by atoms with Crippen molar-refractivity contribution >= 4 is 23.2 Å². The summed E-state index contributed by atoms with van der Waals surface area (Å²) < 4.78 is 10.8. The van der Waals surface area contributed by atoms with Gasteiger partial charge >= 0.3 is 0 Å². The number of benzene rings is 1. The number of nitrogens with zero attached hydrogens (tertiary/aromatic N) is 1. The van der Waals surface area contributed by atoms with Crippen LogP contribution >= 0.6 is 11.6 Å². The van der Waals surface area contributed by atoms with Gasteiger partial charge in [0, 0.05) is 17.7 Å². The largest absolute Gasteiger partial charge is 0.475 e. The Labute approximate surface area is 171 Å². The first kappa shape index (κ1) is 20.6. The highest BCUT2D eigenvalue weighted by atomic mass is 35.5. The summed E-state index contributed by atoms with van der Waals surface area (Å²) in [6, 6.07) is 11.2. The topological polar surface area (TPSA) is 60.5 Å². The number of ether oxygens (including phenoxy) is 2. The molecule has 0 saturated heterocycles. The Hall–Kier alpha value is -2.11. The summed E-state index contributed by atoms with van der Waals surface area (Å²) in [5, 5.41) is 3.69. The average molecular weight is 403 g/mol. The summed E-state index contributed by atoms with van der Waals surface area (Å²) in [6.45, 7) is 3.57. The fraction of sp³-hybridized carbons (Fsp3) is 0.455. The van der Waals surface area contributed by atoms with Crippen LogP contribution in [0.2, 0.25) is 5.02 Å². The van der Waals surface area contributed by atoms with Gasteiger partial charge in [-0.05, 0) is 37.5 Å². The van der Waals surface area contributed by atoms with Crippen molar-refractivity contribution in [2.45, 2.75) is 44.4 Å². The number of pyridine rings is 1. The van der Waals surface area contributed by atoms with Crippen LogP contribution < -0.4 is 10.1 Å². The van der Waals surface area contributed by atoms with Gasteiger partial charge in [-0.3, -0.25) is 4.79 Å². The Morgan fingerprint density at radius 3 is 2.61 bits per heavy atom. The number of hydrogen-bond acceptors (Lipinski definition) is 4. The van der Waals surface area contributed by atoms with E-state index in [-0.39, 0.29) is 5.91 Å². The van der Waals surface area contributed by atoms with Crippen LogP contribution in [-0.4, -0.2) is 30.7 Å². The minimum Gasteiger partial charge on any atom is -0.475 e. The summed E-state index contributed by atoms with van der Waals surface area (Å²) in [6.07, 6.45) is 6.40. The molecule has 1 N–H and O–H groups in total. The third-order valence-electron chi connectivity index (χ3n) is 5.21. The molecule has 6 heteroatoms. The summed E-state index contributed by atoms with van der Waals surface area (Å²) in [4.78, 5) is 17.6. The van der Waals surface area contributed by atoms with E-state index in [0.29, 0.717) is 36.4 Å². The fourth-order valence-corrected chi connectivity index (χ4v) is 4.08. The second-order valence-corrected chi connectivity index (χ2v) is 7.41. The lowest BCUT2D eigenvalue weighted by atomic mass is 9.68. The molecule has 1 heterocycles. The molecule has 0 spiro atoms. The highest BCUT2D eigenvalue weighted by Gasteiger charge is 2.42. The van der Waals surface area contributed by atoms with E-state index in [2.05, 4.69) is 10.3 Å². The van der Waals surface area contributed by atoms with Crippen LogP contribution in [0.4, 0.5) is 5.69 Å². The standard InChI is InChI=1S/C22H27ClN2O3/c1-2-27-14-15-28-20-11-10-17(16-24-20)25-21(26)22(12-6-3-7-13-22)18-8-4-5-9-19(18)23/h4-5,8-11,16H,2-3,6-7,12-15H2,1H3,(H,25,26). The van der Waals surface area contributed by atoms with Gasteiger partial charge in [0.05, 0.1) is 23.9 Å². The molecule has 1 aromatic carbocycles. The van der Waals surface area contributed by atoms with E-state index in [4.69, 9.17) is 21.1 Å². The first-order valence-electron chi connectivity index (χ1n) is 9.89. The lowest BCUT2D eigenvalue weighted by molar-refractivity contribution is -0.122.